The summed E-state index contributed by atoms with van der Waals surface area (Å²) < 4.78 is 5.62. The Labute approximate surface area is 199 Å². The number of alkyl carbamates (subject to hydrolysis) is 1. The van der Waals surface area contributed by atoms with E-state index in [1.165, 1.54) is 22.3 Å². The third-order valence-electron chi connectivity index (χ3n) is 7.07. The van der Waals surface area contributed by atoms with Crippen molar-refractivity contribution < 1.29 is 24.2 Å². The number of aliphatic carboxylic acids is 1. The summed E-state index contributed by atoms with van der Waals surface area (Å²) in [5.74, 6) is -1.16. The van der Waals surface area contributed by atoms with Crippen molar-refractivity contribution in [3.63, 3.8) is 0 Å². The summed E-state index contributed by atoms with van der Waals surface area (Å²) in [6.45, 7) is 2.55. The number of fused-ring (bicyclic) bond motifs is 3. The molecule has 0 bridgehead atoms. The quantitative estimate of drug-likeness (QED) is 0.513. The molecule has 7 heteroatoms. The van der Waals surface area contributed by atoms with Crippen LogP contribution in [0.4, 0.5) is 4.79 Å². The second-order valence-corrected chi connectivity index (χ2v) is 9.29. The Morgan fingerprint density at radius 2 is 1.68 bits per heavy atom. The number of nitrogens with one attached hydrogen (secondary N) is 2. The van der Waals surface area contributed by atoms with Crippen LogP contribution in [0.5, 0.6) is 0 Å². The lowest BCUT2D eigenvalue weighted by atomic mass is 9.98. The molecule has 180 valence electrons. The third-order valence-corrected chi connectivity index (χ3v) is 7.07. The molecule has 34 heavy (non-hydrogen) atoms. The molecule has 4 rings (SSSR count). The minimum Gasteiger partial charge on any atom is -0.481 e. The predicted molar refractivity (Wildman–Crippen MR) is 128 cm³/mol. The Hall–Kier alpha value is -3.35. The minimum absolute atomic E-state index is 0.0116. The maximum Gasteiger partial charge on any atom is 0.407 e. The Balaban J connectivity index is 1.25. The summed E-state index contributed by atoms with van der Waals surface area (Å²) in [6, 6.07) is 16.3. The molecular weight excluding hydrogens is 432 g/mol. The van der Waals surface area contributed by atoms with E-state index in [9.17, 15) is 14.4 Å². The fourth-order valence-corrected chi connectivity index (χ4v) is 5.15. The number of hydrogen-bond acceptors (Lipinski definition) is 4. The van der Waals surface area contributed by atoms with Crippen molar-refractivity contribution in [3.8, 4) is 11.1 Å². The van der Waals surface area contributed by atoms with Crippen molar-refractivity contribution >= 4 is 18.0 Å². The number of rotatable bonds is 9. The van der Waals surface area contributed by atoms with E-state index in [1.54, 1.807) is 0 Å². The van der Waals surface area contributed by atoms with Crippen LogP contribution < -0.4 is 10.6 Å². The molecule has 2 aromatic rings. The van der Waals surface area contributed by atoms with Crippen molar-refractivity contribution in [2.75, 3.05) is 13.2 Å². The second kappa shape index (κ2) is 10.7. The van der Waals surface area contributed by atoms with Crippen LogP contribution >= 0.6 is 0 Å². The Morgan fingerprint density at radius 3 is 2.29 bits per heavy atom. The molecule has 3 N–H and O–H groups in total. The standard InChI is InChI=1S/C27H32N2O5/c1-2-17(13-25(30)31)15-28-26(32)18-11-12-19(14-18)29-27(33)34-16-24-22-9-5-3-7-20(22)21-8-4-6-10-23(21)24/h3-10,17-19,24H,2,11-16H2,1H3,(H,28,32)(H,29,33)(H,30,31). The van der Waals surface area contributed by atoms with Gasteiger partial charge in [-0.25, -0.2) is 4.79 Å². The molecule has 1 saturated carbocycles. The highest BCUT2D eigenvalue weighted by molar-refractivity contribution is 5.80. The summed E-state index contributed by atoms with van der Waals surface area (Å²) >= 11 is 0. The van der Waals surface area contributed by atoms with E-state index in [0.29, 0.717) is 32.2 Å². The van der Waals surface area contributed by atoms with Crippen LogP contribution in [0.15, 0.2) is 48.5 Å². The molecule has 2 aromatic carbocycles. The first-order chi connectivity index (χ1) is 16.5. The Bertz CT molecular complexity index is 1010. The van der Waals surface area contributed by atoms with Gasteiger partial charge in [0.1, 0.15) is 6.61 Å². The lowest BCUT2D eigenvalue weighted by molar-refractivity contribution is -0.138. The van der Waals surface area contributed by atoms with Gasteiger partial charge in [0.2, 0.25) is 5.91 Å². The zero-order valence-corrected chi connectivity index (χ0v) is 19.5. The van der Waals surface area contributed by atoms with Gasteiger partial charge in [-0.3, -0.25) is 9.59 Å². The highest BCUT2D eigenvalue weighted by atomic mass is 16.5. The van der Waals surface area contributed by atoms with Gasteiger partial charge in [-0.05, 0) is 47.4 Å². The summed E-state index contributed by atoms with van der Waals surface area (Å²) in [4.78, 5) is 35.9. The average Bonchev–Trinajstić information content (AvgIpc) is 3.42. The first-order valence-corrected chi connectivity index (χ1v) is 12.1. The summed E-state index contributed by atoms with van der Waals surface area (Å²) in [6.07, 6.45) is 2.26. The Morgan fingerprint density at radius 1 is 1.03 bits per heavy atom. The molecule has 0 saturated heterocycles. The molecule has 3 unspecified atom stereocenters. The predicted octanol–water partition coefficient (Wildman–Crippen LogP) is 4.31. The maximum atomic E-state index is 12.5. The molecule has 2 amide bonds. The van der Waals surface area contributed by atoms with Crippen LogP contribution in [0.2, 0.25) is 0 Å². The van der Waals surface area contributed by atoms with Gasteiger partial charge in [0.05, 0.1) is 0 Å². The number of amides is 2. The van der Waals surface area contributed by atoms with Crippen molar-refractivity contribution in [3.05, 3.63) is 59.7 Å². The van der Waals surface area contributed by atoms with Crippen LogP contribution in [0, 0.1) is 11.8 Å². The average molecular weight is 465 g/mol. The lowest BCUT2D eigenvalue weighted by Crippen LogP contribution is -2.37. The van der Waals surface area contributed by atoms with Crippen LogP contribution in [-0.2, 0) is 14.3 Å². The highest BCUT2D eigenvalue weighted by Crippen LogP contribution is 2.44. The van der Waals surface area contributed by atoms with Gasteiger partial charge >= 0.3 is 12.1 Å². The zero-order valence-electron chi connectivity index (χ0n) is 19.5. The van der Waals surface area contributed by atoms with Crippen LogP contribution in [0.1, 0.15) is 56.1 Å². The number of carbonyl (C=O) groups is 3. The zero-order chi connectivity index (χ0) is 24.1. The summed E-state index contributed by atoms with van der Waals surface area (Å²) in [5.41, 5.74) is 4.71. The van der Waals surface area contributed by atoms with Crippen molar-refractivity contribution in [2.45, 2.75) is 51.0 Å². The van der Waals surface area contributed by atoms with E-state index in [0.717, 1.165) is 0 Å². The number of carbonyl (C=O) groups excluding carboxylic acids is 2. The SMILES string of the molecule is CCC(CNC(=O)C1CCC(NC(=O)OCC2c3ccccc3-c3ccccc32)C1)CC(=O)O. The van der Waals surface area contributed by atoms with Gasteiger partial charge < -0.3 is 20.5 Å². The van der Waals surface area contributed by atoms with Crippen molar-refractivity contribution in [2.24, 2.45) is 11.8 Å². The molecule has 0 radical (unpaired) electrons. The first-order valence-electron chi connectivity index (χ1n) is 12.1. The summed E-state index contributed by atoms with van der Waals surface area (Å²) in [7, 11) is 0. The maximum absolute atomic E-state index is 12.5. The summed E-state index contributed by atoms with van der Waals surface area (Å²) in [5, 5.41) is 14.8. The first kappa shape index (κ1) is 23.8. The van der Waals surface area contributed by atoms with Crippen LogP contribution in [-0.4, -0.2) is 42.3 Å². The minimum atomic E-state index is -0.852. The van der Waals surface area contributed by atoms with Gasteiger partial charge in [-0.1, -0.05) is 61.9 Å². The van der Waals surface area contributed by atoms with Gasteiger partial charge in [0.15, 0.2) is 0 Å². The molecule has 2 aliphatic rings. The normalized spacial score (nSPS) is 19.7. The second-order valence-electron chi connectivity index (χ2n) is 9.29. The van der Waals surface area contributed by atoms with Crippen molar-refractivity contribution in [1.82, 2.24) is 10.6 Å². The van der Waals surface area contributed by atoms with E-state index >= 15 is 0 Å². The van der Waals surface area contributed by atoms with Crippen LogP contribution in [0.25, 0.3) is 11.1 Å². The van der Waals surface area contributed by atoms with E-state index in [-0.39, 0.29) is 42.7 Å². The molecule has 0 spiro atoms. The molecular formula is C27H32N2O5. The van der Waals surface area contributed by atoms with Crippen molar-refractivity contribution in [1.29, 1.82) is 0 Å². The number of carboxylic acids is 1. The Kier molecular flexibility index (Phi) is 7.50. The number of ether oxygens (including phenoxy) is 1. The lowest BCUT2D eigenvalue weighted by Gasteiger charge is -2.18. The molecule has 7 nitrogen and oxygen atoms in total. The third kappa shape index (κ3) is 5.41. The van der Waals surface area contributed by atoms with Gasteiger partial charge in [0.25, 0.3) is 0 Å². The van der Waals surface area contributed by atoms with E-state index in [4.69, 9.17) is 9.84 Å². The molecule has 0 aliphatic heterocycles. The number of benzene rings is 2. The smallest absolute Gasteiger partial charge is 0.407 e. The fourth-order valence-electron chi connectivity index (χ4n) is 5.15. The monoisotopic (exact) mass is 464 g/mol. The molecule has 0 heterocycles. The van der Waals surface area contributed by atoms with E-state index in [2.05, 4.69) is 34.9 Å². The number of carboxylic acid groups (broad SMARTS) is 1. The van der Waals surface area contributed by atoms with Gasteiger partial charge in [-0.2, -0.15) is 0 Å². The molecule has 0 aromatic heterocycles. The van der Waals surface area contributed by atoms with Gasteiger partial charge in [-0.15, -0.1) is 0 Å². The molecule has 2 aliphatic carbocycles. The fraction of sp³-hybridized carbons (Fsp3) is 0.444. The van der Waals surface area contributed by atoms with Crippen LogP contribution in [0.3, 0.4) is 0 Å². The van der Waals surface area contributed by atoms with E-state index < -0.39 is 12.1 Å². The highest BCUT2D eigenvalue weighted by Gasteiger charge is 2.32. The van der Waals surface area contributed by atoms with Gasteiger partial charge in [0, 0.05) is 30.8 Å². The molecule has 1 fully saturated rings. The largest absolute Gasteiger partial charge is 0.481 e. The van der Waals surface area contributed by atoms with E-state index in [1.807, 2.05) is 31.2 Å². The number of hydrogen-bond donors (Lipinski definition) is 3. The molecule has 3 atom stereocenters. The topological polar surface area (TPSA) is 105 Å².